The van der Waals surface area contributed by atoms with Crippen LogP contribution in [0.4, 0.5) is 11.4 Å². The van der Waals surface area contributed by atoms with Gasteiger partial charge >= 0.3 is 11.9 Å². The largest absolute Gasteiger partial charge is 0.494 e. The highest BCUT2D eigenvalue weighted by atomic mass is 35.5. The lowest BCUT2D eigenvalue weighted by molar-refractivity contribution is -0.138. The molecule has 2 aromatic rings. The summed E-state index contributed by atoms with van der Waals surface area (Å²) in [5, 5.41) is 12.2. The number of aliphatic carboxylic acids is 1. The number of carbonyl (C=O) groups excluding carboxylic acids is 2. The molecule has 1 fully saturated rings. The van der Waals surface area contributed by atoms with Gasteiger partial charge in [-0.1, -0.05) is 35.3 Å². The lowest BCUT2D eigenvalue weighted by atomic mass is 10.0. The number of carboxylic acids is 1. The normalized spacial score (nSPS) is 15.1. The van der Waals surface area contributed by atoms with Crippen LogP contribution in [-0.4, -0.2) is 73.8 Å². The number of amides is 1. The first kappa shape index (κ1) is 31.3. The molecule has 0 atom stereocenters. The summed E-state index contributed by atoms with van der Waals surface area (Å²) in [5.41, 5.74) is 3.10. The number of nitrogens with one attached hydrogen (secondary N) is 1. The second-order valence-corrected chi connectivity index (χ2v) is 10.0. The fourth-order valence-electron chi connectivity index (χ4n) is 4.35. The first-order chi connectivity index (χ1) is 19.3. The minimum Gasteiger partial charge on any atom is -0.494 e. The van der Waals surface area contributed by atoms with Gasteiger partial charge in [0.05, 0.1) is 28.9 Å². The Labute approximate surface area is 244 Å². The monoisotopic (exact) mass is 591 g/mol. The summed E-state index contributed by atoms with van der Waals surface area (Å²) >= 11 is 12.5. The van der Waals surface area contributed by atoms with Crippen LogP contribution in [0.1, 0.15) is 31.7 Å². The standard InChI is InChI=1S/C23H27Cl2N3O2.C6H8O4/c24-19-4-3-5-21(23(19)25)28-13-11-27(12-14-28)10-1-2-15-30-18-8-6-17-7-9-22(29)26-20(17)16-18;1-2-10-6(9)4-3-5(7)8/h3-6,8,16H,1-2,7,9-15H2,(H,26,29);3-4H,2H2,1H3,(H,7,8)/b;4-3-. The number of esters is 1. The Morgan fingerprint density at radius 3 is 2.55 bits per heavy atom. The highest BCUT2D eigenvalue weighted by Crippen LogP contribution is 2.33. The van der Waals surface area contributed by atoms with Crippen molar-refractivity contribution in [2.75, 3.05) is 56.2 Å². The maximum absolute atomic E-state index is 11.5. The molecule has 2 aliphatic heterocycles. The van der Waals surface area contributed by atoms with Crippen molar-refractivity contribution in [1.82, 2.24) is 4.90 Å². The quantitative estimate of drug-likeness (QED) is 0.224. The van der Waals surface area contributed by atoms with E-state index >= 15 is 0 Å². The molecule has 0 aliphatic carbocycles. The molecule has 2 N–H and O–H groups in total. The van der Waals surface area contributed by atoms with E-state index in [1.807, 2.05) is 30.3 Å². The van der Waals surface area contributed by atoms with Crippen LogP contribution in [0.15, 0.2) is 48.6 Å². The minimum absolute atomic E-state index is 0.0809. The number of benzene rings is 2. The van der Waals surface area contributed by atoms with E-state index in [-0.39, 0.29) is 12.5 Å². The molecular formula is C29H35Cl2N3O6. The number of hydrogen-bond acceptors (Lipinski definition) is 7. The van der Waals surface area contributed by atoms with E-state index in [1.54, 1.807) is 6.92 Å². The Hall–Kier alpha value is -3.27. The summed E-state index contributed by atoms with van der Waals surface area (Å²) < 4.78 is 10.3. The number of rotatable bonds is 10. The number of unbranched alkanes of at least 4 members (excludes halogenated alkanes) is 1. The summed E-state index contributed by atoms with van der Waals surface area (Å²) in [6.45, 7) is 7.61. The lowest BCUT2D eigenvalue weighted by Gasteiger charge is -2.36. The zero-order valence-corrected chi connectivity index (χ0v) is 24.0. The van der Waals surface area contributed by atoms with Gasteiger partial charge in [-0.3, -0.25) is 9.69 Å². The number of ether oxygens (including phenoxy) is 2. The van der Waals surface area contributed by atoms with Crippen molar-refractivity contribution in [3.8, 4) is 5.75 Å². The predicted molar refractivity (Wildman–Crippen MR) is 157 cm³/mol. The summed E-state index contributed by atoms with van der Waals surface area (Å²) in [5.74, 6) is -0.890. The molecule has 216 valence electrons. The number of fused-ring (bicyclic) bond motifs is 1. The van der Waals surface area contributed by atoms with Gasteiger partial charge in [0, 0.05) is 56.5 Å². The molecule has 1 saturated heterocycles. The van der Waals surface area contributed by atoms with Gasteiger partial charge in [0.2, 0.25) is 5.91 Å². The number of halogens is 2. The topological polar surface area (TPSA) is 108 Å². The van der Waals surface area contributed by atoms with Crippen LogP contribution in [0.2, 0.25) is 10.0 Å². The summed E-state index contributed by atoms with van der Waals surface area (Å²) in [7, 11) is 0. The molecule has 11 heteroatoms. The second-order valence-electron chi connectivity index (χ2n) is 9.25. The van der Waals surface area contributed by atoms with Gasteiger partial charge in [0.15, 0.2) is 0 Å². The van der Waals surface area contributed by atoms with Crippen LogP contribution in [0.5, 0.6) is 5.75 Å². The molecule has 4 rings (SSSR count). The molecule has 0 bridgehead atoms. The molecular weight excluding hydrogens is 557 g/mol. The highest BCUT2D eigenvalue weighted by Gasteiger charge is 2.19. The van der Waals surface area contributed by atoms with E-state index in [0.717, 1.165) is 81.3 Å². The zero-order chi connectivity index (χ0) is 28.9. The first-order valence-corrected chi connectivity index (χ1v) is 14.1. The fourth-order valence-corrected chi connectivity index (χ4v) is 4.76. The predicted octanol–water partition coefficient (Wildman–Crippen LogP) is 5.05. The van der Waals surface area contributed by atoms with Crippen LogP contribution in [0, 0.1) is 0 Å². The molecule has 0 saturated carbocycles. The van der Waals surface area contributed by atoms with E-state index in [4.69, 9.17) is 33.0 Å². The van der Waals surface area contributed by atoms with Crippen LogP contribution >= 0.6 is 23.2 Å². The molecule has 40 heavy (non-hydrogen) atoms. The molecule has 0 spiro atoms. The van der Waals surface area contributed by atoms with Crippen LogP contribution in [0.25, 0.3) is 0 Å². The Morgan fingerprint density at radius 1 is 1.05 bits per heavy atom. The van der Waals surface area contributed by atoms with Crippen molar-refractivity contribution >= 4 is 52.4 Å². The number of hydrogen-bond donors (Lipinski definition) is 2. The van der Waals surface area contributed by atoms with Gasteiger partial charge < -0.3 is 24.8 Å². The van der Waals surface area contributed by atoms with Crippen molar-refractivity contribution in [3.63, 3.8) is 0 Å². The second kappa shape index (κ2) is 16.1. The van der Waals surface area contributed by atoms with Gasteiger partial charge in [-0.05, 0) is 56.5 Å². The molecule has 2 aromatic carbocycles. The number of piperazine rings is 1. The SMILES string of the molecule is CCOC(=O)/C=C\C(=O)O.O=C1CCc2ccc(OCCCCN3CCN(c4cccc(Cl)c4Cl)CC3)cc2N1. The van der Waals surface area contributed by atoms with Gasteiger partial charge in [0.1, 0.15) is 5.75 Å². The number of anilines is 2. The fraction of sp³-hybridized carbons (Fsp3) is 0.414. The average Bonchev–Trinajstić information content (AvgIpc) is 2.94. The van der Waals surface area contributed by atoms with Crippen molar-refractivity contribution in [3.05, 3.63) is 64.2 Å². The molecule has 9 nitrogen and oxygen atoms in total. The van der Waals surface area contributed by atoms with E-state index in [1.165, 1.54) is 5.56 Å². The Bertz CT molecular complexity index is 1200. The van der Waals surface area contributed by atoms with E-state index in [9.17, 15) is 14.4 Å². The molecule has 0 aromatic heterocycles. The molecule has 0 unspecified atom stereocenters. The smallest absolute Gasteiger partial charge is 0.330 e. The average molecular weight is 593 g/mol. The van der Waals surface area contributed by atoms with Gasteiger partial charge in [-0.25, -0.2) is 9.59 Å². The zero-order valence-electron chi connectivity index (χ0n) is 22.5. The third kappa shape index (κ3) is 10.0. The van der Waals surface area contributed by atoms with Crippen molar-refractivity contribution in [2.24, 2.45) is 0 Å². The van der Waals surface area contributed by atoms with Gasteiger partial charge in [-0.2, -0.15) is 0 Å². The van der Waals surface area contributed by atoms with E-state index in [0.29, 0.717) is 23.1 Å². The van der Waals surface area contributed by atoms with Crippen molar-refractivity contribution < 1.29 is 29.0 Å². The Balaban J connectivity index is 0.000000378. The minimum atomic E-state index is -1.16. The van der Waals surface area contributed by atoms with Crippen LogP contribution in [-0.2, 0) is 25.5 Å². The van der Waals surface area contributed by atoms with Crippen molar-refractivity contribution in [2.45, 2.75) is 32.6 Å². The van der Waals surface area contributed by atoms with Crippen molar-refractivity contribution in [1.29, 1.82) is 0 Å². The van der Waals surface area contributed by atoms with E-state index < -0.39 is 11.9 Å². The number of aryl methyl sites for hydroxylation is 1. The Morgan fingerprint density at radius 2 is 1.82 bits per heavy atom. The summed E-state index contributed by atoms with van der Waals surface area (Å²) in [4.78, 5) is 36.5. The molecule has 0 radical (unpaired) electrons. The molecule has 2 heterocycles. The highest BCUT2D eigenvalue weighted by molar-refractivity contribution is 6.43. The number of carbonyl (C=O) groups is 3. The third-order valence-corrected chi connectivity index (χ3v) is 7.22. The first-order valence-electron chi connectivity index (χ1n) is 13.3. The van der Waals surface area contributed by atoms with Crippen LogP contribution in [0.3, 0.4) is 0 Å². The lowest BCUT2D eigenvalue weighted by Crippen LogP contribution is -2.46. The summed E-state index contributed by atoms with van der Waals surface area (Å²) in [6, 6.07) is 11.8. The summed E-state index contributed by atoms with van der Waals surface area (Å²) in [6.07, 6.45) is 5.07. The maximum Gasteiger partial charge on any atom is 0.330 e. The number of nitrogens with zero attached hydrogens (tertiary/aromatic N) is 2. The van der Waals surface area contributed by atoms with Gasteiger partial charge in [0.25, 0.3) is 0 Å². The third-order valence-electron chi connectivity index (χ3n) is 6.41. The van der Waals surface area contributed by atoms with Gasteiger partial charge in [-0.15, -0.1) is 0 Å². The number of carboxylic acid groups (broad SMARTS) is 1. The molecule has 1 amide bonds. The maximum atomic E-state index is 11.5. The Kier molecular flexibility index (Phi) is 12.6. The molecule has 2 aliphatic rings. The van der Waals surface area contributed by atoms with E-state index in [2.05, 4.69) is 25.9 Å². The van der Waals surface area contributed by atoms with Crippen LogP contribution < -0.4 is 15.0 Å².